The number of benzene rings is 2. The van der Waals surface area contributed by atoms with Crippen molar-refractivity contribution in [1.29, 1.82) is 0 Å². The van der Waals surface area contributed by atoms with E-state index >= 15 is 0 Å². The van der Waals surface area contributed by atoms with Crippen molar-refractivity contribution in [2.75, 3.05) is 6.61 Å². The predicted molar refractivity (Wildman–Crippen MR) is 91.8 cm³/mol. The molecular formula is C19H18ClF2NO2. The van der Waals surface area contributed by atoms with Crippen LogP contribution < -0.4 is 10.1 Å². The summed E-state index contributed by atoms with van der Waals surface area (Å²) in [6, 6.07) is 10.1. The van der Waals surface area contributed by atoms with E-state index in [9.17, 15) is 13.6 Å². The standard InChI is InChI=1S/C19H18ClF2NO2/c1-12(11-25-17-6-5-15(21)10-16(17)22)23-18(24)19(7-8-19)13-3-2-4-14(20)9-13/h2-6,9-10,12H,7-8,11H2,1H3,(H,23,24). The number of amides is 1. The third-order valence-electron chi connectivity index (χ3n) is 4.32. The minimum atomic E-state index is -0.767. The zero-order valence-electron chi connectivity index (χ0n) is 13.7. The number of halogens is 3. The van der Waals surface area contributed by atoms with Crippen LogP contribution in [0, 0.1) is 11.6 Å². The van der Waals surface area contributed by atoms with E-state index < -0.39 is 17.0 Å². The molecule has 25 heavy (non-hydrogen) atoms. The number of carbonyl (C=O) groups excluding carboxylic acids is 1. The van der Waals surface area contributed by atoms with Crippen LogP contribution in [0.3, 0.4) is 0 Å². The molecule has 1 atom stereocenters. The van der Waals surface area contributed by atoms with E-state index in [1.165, 1.54) is 6.07 Å². The van der Waals surface area contributed by atoms with E-state index in [-0.39, 0.29) is 24.3 Å². The van der Waals surface area contributed by atoms with Crippen molar-refractivity contribution in [3.05, 3.63) is 64.7 Å². The molecule has 1 aliphatic carbocycles. The zero-order chi connectivity index (χ0) is 18.0. The molecule has 2 aromatic rings. The van der Waals surface area contributed by atoms with Crippen LogP contribution in [0.5, 0.6) is 5.75 Å². The summed E-state index contributed by atoms with van der Waals surface area (Å²) >= 11 is 6.02. The van der Waals surface area contributed by atoms with Crippen LogP contribution in [0.2, 0.25) is 5.02 Å². The summed E-state index contributed by atoms with van der Waals surface area (Å²) in [7, 11) is 0. The number of hydrogen-bond acceptors (Lipinski definition) is 2. The van der Waals surface area contributed by atoms with Gasteiger partial charge in [0.15, 0.2) is 11.6 Å². The smallest absolute Gasteiger partial charge is 0.230 e. The lowest BCUT2D eigenvalue weighted by molar-refractivity contribution is -0.124. The van der Waals surface area contributed by atoms with Gasteiger partial charge in [-0.25, -0.2) is 8.78 Å². The van der Waals surface area contributed by atoms with Crippen LogP contribution in [0.1, 0.15) is 25.3 Å². The predicted octanol–water partition coefficient (Wildman–Crippen LogP) is 4.23. The van der Waals surface area contributed by atoms with Crippen LogP contribution in [-0.2, 0) is 10.2 Å². The summed E-state index contributed by atoms with van der Waals surface area (Å²) in [5.74, 6) is -1.57. The number of rotatable bonds is 6. The first-order valence-electron chi connectivity index (χ1n) is 8.05. The monoisotopic (exact) mass is 365 g/mol. The van der Waals surface area contributed by atoms with Gasteiger partial charge in [-0.3, -0.25) is 4.79 Å². The zero-order valence-corrected chi connectivity index (χ0v) is 14.4. The molecule has 0 bridgehead atoms. The maximum absolute atomic E-state index is 13.6. The summed E-state index contributed by atoms with van der Waals surface area (Å²) < 4.78 is 31.8. The quantitative estimate of drug-likeness (QED) is 0.831. The highest BCUT2D eigenvalue weighted by Crippen LogP contribution is 2.48. The van der Waals surface area contributed by atoms with Crippen molar-refractivity contribution in [1.82, 2.24) is 5.32 Å². The Bertz CT molecular complexity index is 793. The molecule has 0 spiro atoms. The summed E-state index contributed by atoms with van der Waals surface area (Å²) in [4.78, 5) is 12.6. The van der Waals surface area contributed by atoms with E-state index in [1.807, 2.05) is 18.2 Å². The molecule has 1 N–H and O–H groups in total. The lowest BCUT2D eigenvalue weighted by Crippen LogP contribution is -2.42. The first-order chi connectivity index (χ1) is 11.9. The second-order valence-corrected chi connectivity index (χ2v) is 6.79. The number of nitrogens with one attached hydrogen (secondary N) is 1. The number of carbonyl (C=O) groups is 1. The van der Waals surface area contributed by atoms with Gasteiger partial charge in [0.25, 0.3) is 0 Å². The molecule has 6 heteroatoms. The Morgan fingerprint density at radius 2 is 2.04 bits per heavy atom. The van der Waals surface area contributed by atoms with Gasteiger partial charge < -0.3 is 10.1 Å². The van der Waals surface area contributed by atoms with Gasteiger partial charge in [-0.05, 0) is 49.6 Å². The van der Waals surface area contributed by atoms with Gasteiger partial charge in [-0.1, -0.05) is 23.7 Å². The average Bonchev–Trinajstić information content (AvgIpc) is 3.36. The van der Waals surface area contributed by atoms with E-state index in [4.69, 9.17) is 16.3 Å². The Labute approximate surface area is 149 Å². The van der Waals surface area contributed by atoms with Crippen LogP contribution in [-0.4, -0.2) is 18.6 Å². The Hall–Kier alpha value is -2.14. The molecule has 132 valence electrons. The molecule has 0 radical (unpaired) electrons. The first-order valence-corrected chi connectivity index (χ1v) is 8.43. The fraction of sp³-hybridized carbons (Fsp3) is 0.316. The average molecular weight is 366 g/mol. The van der Waals surface area contributed by atoms with Crippen molar-refractivity contribution >= 4 is 17.5 Å². The normalized spacial score (nSPS) is 16.2. The molecule has 1 aliphatic rings. The van der Waals surface area contributed by atoms with Crippen molar-refractivity contribution < 1.29 is 18.3 Å². The van der Waals surface area contributed by atoms with Crippen molar-refractivity contribution in [3.8, 4) is 5.75 Å². The van der Waals surface area contributed by atoms with Crippen LogP contribution in [0.4, 0.5) is 8.78 Å². The molecule has 2 aromatic carbocycles. The van der Waals surface area contributed by atoms with E-state index in [2.05, 4.69) is 5.32 Å². The van der Waals surface area contributed by atoms with E-state index in [0.717, 1.165) is 30.5 Å². The summed E-state index contributed by atoms with van der Waals surface area (Å²) in [6.07, 6.45) is 1.53. The molecule has 3 rings (SSSR count). The molecular weight excluding hydrogens is 348 g/mol. The largest absolute Gasteiger partial charge is 0.488 e. The van der Waals surface area contributed by atoms with Gasteiger partial charge in [0.1, 0.15) is 12.4 Å². The minimum absolute atomic E-state index is 0.0431. The molecule has 3 nitrogen and oxygen atoms in total. The molecule has 0 saturated heterocycles. The molecule has 0 heterocycles. The summed E-state index contributed by atoms with van der Waals surface area (Å²) in [5.41, 5.74) is 0.357. The SMILES string of the molecule is CC(COc1ccc(F)cc1F)NC(=O)C1(c2cccc(Cl)c2)CC1. The highest BCUT2D eigenvalue weighted by molar-refractivity contribution is 6.30. The molecule has 0 aromatic heterocycles. The Balaban J connectivity index is 1.59. The number of ether oxygens (including phenoxy) is 1. The Kier molecular flexibility index (Phi) is 4.95. The highest BCUT2D eigenvalue weighted by atomic mass is 35.5. The fourth-order valence-corrected chi connectivity index (χ4v) is 2.96. The van der Waals surface area contributed by atoms with Crippen LogP contribution in [0.25, 0.3) is 0 Å². The Morgan fingerprint density at radius 3 is 2.68 bits per heavy atom. The van der Waals surface area contributed by atoms with Gasteiger partial charge in [-0.15, -0.1) is 0 Å². The van der Waals surface area contributed by atoms with Gasteiger partial charge in [0, 0.05) is 11.1 Å². The maximum atomic E-state index is 13.6. The summed E-state index contributed by atoms with van der Waals surface area (Å²) in [5, 5.41) is 3.50. The lowest BCUT2D eigenvalue weighted by atomic mass is 9.95. The third kappa shape index (κ3) is 3.93. The first kappa shape index (κ1) is 17.7. The van der Waals surface area contributed by atoms with Crippen molar-refractivity contribution in [3.63, 3.8) is 0 Å². The third-order valence-corrected chi connectivity index (χ3v) is 4.56. The topological polar surface area (TPSA) is 38.3 Å². The van der Waals surface area contributed by atoms with Crippen LogP contribution >= 0.6 is 11.6 Å². The molecule has 0 aliphatic heterocycles. The molecule has 1 unspecified atom stereocenters. The van der Waals surface area contributed by atoms with Gasteiger partial charge in [0.05, 0.1) is 11.5 Å². The van der Waals surface area contributed by atoms with Gasteiger partial charge in [-0.2, -0.15) is 0 Å². The van der Waals surface area contributed by atoms with Crippen molar-refractivity contribution in [2.24, 2.45) is 0 Å². The fourth-order valence-electron chi connectivity index (χ4n) is 2.77. The minimum Gasteiger partial charge on any atom is -0.488 e. The maximum Gasteiger partial charge on any atom is 0.230 e. The van der Waals surface area contributed by atoms with Crippen molar-refractivity contribution in [2.45, 2.75) is 31.2 Å². The number of hydrogen-bond donors (Lipinski definition) is 1. The molecule has 1 saturated carbocycles. The van der Waals surface area contributed by atoms with E-state index in [0.29, 0.717) is 5.02 Å². The molecule has 1 amide bonds. The summed E-state index contributed by atoms with van der Waals surface area (Å²) in [6.45, 7) is 1.85. The molecule has 1 fully saturated rings. The highest BCUT2D eigenvalue weighted by Gasteiger charge is 2.51. The second-order valence-electron chi connectivity index (χ2n) is 6.35. The second kappa shape index (κ2) is 7.00. The Morgan fingerprint density at radius 1 is 1.28 bits per heavy atom. The van der Waals surface area contributed by atoms with Crippen LogP contribution in [0.15, 0.2) is 42.5 Å². The lowest BCUT2D eigenvalue weighted by Gasteiger charge is -2.20. The van der Waals surface area contributed by atoms with Gasteiger partial charge >= 0.3 is 0 Å². The van der Waals surface area contributed by atoms with Gasteiger partial charge in [0.2, 0.25) is 5.91 Å². The van der Waals surface area contributed by atoms with E-state index in [1.54, 1.807) is 13.0 Å².